The van der Waals surface area contributed by atoms with E-state index in [9.17, 15) is 0 Å². The topological polar surface area (TPSA) is 50.4 Å². The summed E-state index contributed by atoms with van der Waals surface area (Å²) in [7, 11) is 0. The van der Waals surface area contributed by atoms with Crippen molar-refractivity contribution in [3.63, 3.8) is 0 Å². The number of rotatable bonds is 4. The molecule has 0 aliphatic rings. The molecule has 0 aliphatic carbocycles. The van der Waals surface area contributed by atoms with Gasteiger partial charge in [0.05, 0.1) is 6.54 Å². The van der Waals surface area contributed by atoms with Crippen LogP contribution >= 0.6 is 35.3 Å². The van der Waals surface area contributed by atoms with Crippen LogP contribution < -0.4 is 11.1 Å². The summed E-state index contributed by atoms with van der Waals surface area (Å²) < 4.78 is 0. The highest BCUT2D eigenvalue weighted by atomic mass is 127. The fourth-order valence-corrected chi connectivity index (χ4v) is 2.75. The molecule has 1 aromatic carbocycles. The van der Waals surface area contributed by atoms with E-state index in [1.807, 2.05) is 6.07 Å². The van der Waals surface area contributed by atoms with Crippen LogP contribution in [0.15, 0.2) is 35.3 Å². The van der Waals surface area contributed by atoms with Gasteiger partial charge in [-0.25, -0.2) is 4.99 Å². The van der Waals surface area contributed by atoms with E-state index in [-0.39, 0.29) is 24.0 Å². The predicted molar refractivity (Wildman–Crippen MR) is 104 cm³/mol. The highest BCUT2D eigenvalue weighted by Crippen LogP contribution is 2.18. The van der Waals surface area contributed by atoms with Crippen LogP contribution in [0.3, 0.4) is 0 Å². The number of thiophene rings is 1. The quantitative estimate of drug-likeness (QED) is 0.440. The highest BCUT2D eigenvalue weighted by Gasteiger charge is 2.00. The average molecular weight is 415 g/mol. The van der Waals surface area contributed by atoms with Crippen molar-refractivity contribution in [2.24, 2.45) is 10.7 Å². The first-order chi connectivity index (χ1) is 9.58. The lowest BCUT2D eigenvalue weighted by Gasteiger charge is -2.07. The van der Waals surface area contributed by atoms with Crippen LogP contribution in [0.25, 0.3) is 0 Å². The summed E-state index contributed by atoms with van der Waals surface area (Å²) in [6.07, 6.45) is 1.07. The Balaban J connectivity index is 0.00000220. The molecule has 0 fully saturated rings. The van der Waals surface area contributed by atoms with E-state index in [1.54, 1.807) is 11.3 Å². The van der Waals surface area contributed by atoms with Gasteiger partial charge in [0.1, 0.15) is 0 Å². The molecular formula is C16H22IN3S. The number of aryl methyl sites for hydroxylation is 3. The van der Waals surface area contributed by atoms with Crippen molar-refractivity contribution in [2.45, 2.75) is 33.7 Å². The third kappa shape index (κ3) is 5.32. The summed E-state index contributed by atoms with van der Waals surface area (Å²) >= 11 is 1.80. The van der Waals surface area contributed by atoms with E-state index in [4.69, 9.17) is 5.73 Å². The van der Waals surface area contributed by atoms with Gasteiger partial charge in [-0.2, -0.15) is 0 Å². The van der Waals surface area contributed by atoms with E-state index >= 15 is 0 Å². The molecule has 1 aromatic heterocycles. The zero-order chi connectivity index (χ0) is 14.5. The first-order valence-corrected chi connectivity index (χ1v) is 7.62. The van der Waals surface area contributed by atoms with Crippen LogP contribution in [0.1, 0.15) is 27.8 Å². The van der Waals surface area contributed by atoms with Gasteiger partial charge in [-0.15, -0.1) is 35.3 Å². The van der Waals surface area contributed by atoms with Crippen molar-refractivity contribution in [3.05, 3.63) is 51.2 Å². The molecule has 21 heavy (non-hydrogen) atoms. The zero-order valence-corrected chi connectivity index (χ0v) is 15.8. The molecule has 3 N–H and O–H groups in total. The number of nitrogens with two attached hydrogens (primary N) is 1. The summed E-state index contributed by atoms with van der Waals surface area (Å²) in [6, 6.07) is 10.5. The Morgan fingerprint density at radius 3 is 2.48 bits per heavy atom. The second kappa shape index (κ2) is 8.38. The fourth-order valence-electron chi connectivity index (χ4n) is 1.87. The molecule has 0 bridgehead atoms. The van der Waals surface area contributed by atoms with Crippen molar-refractivity contribution >= 4 is 47.0 Å². The van der Waals surface area contributed by atoms with Crippen LogP contribution in [-0.2, 0) is 13.0 Å². The minimum absolute atomic E-state index is 0. The summed E-state index contributed by atoms with van der Waals surface area (Å²) in [5.41, 5.74) is 9.42. The van der Waals surface area contributed by atoms with Gasteiger partial charge in [0.15, 0.2) is 5.96 Å². The van der Waals surface area contributed by atoms with Gasteiger partial charge in [0, 0.05) is 15.4 Å². The summed E-state index contributed by atoms with van der Waals surface area (Å²) in [5, 5.41) is 3.13. The maximum Gasteiger partial charge on any atom is 0.193 e. The van der Waals surface area contributed by atoms with E-state index in [0.29, 0.717) is 12.5 Å². The Morgan fingerprint density at radius 2 is 1.86 bits per heavy atom. The van der Waals surface area contributed by atoms with Gasteiger partial charge < -0.3 is 11.1 Å². The van der Waals surface area contributed by atoms with Gasteiger partial charge in [-0.05, 0) is 55.7 Å². The van der Waals surface area contributed by atoms with Crippen LogP contribution in [0, 0.1) is 13.8 Å². The summed E-state index contributed by atoms with van der Waals surface area (Å²) in [6.45, 7) is 6.98. The van der Waals surface area contributed by atoms with E-state index in [0.717, 1.165) is 12.1 Å². The molecule has 0 amide bonds. The lowest BCUT2D eigenvalue weighted by Crippen LogP contribution is -2.22. The Kier molecular flexibility index (Phi) is 7.17. The van der Waals surface area contributed by atoms with Gasteiger partial charge in [-0.3, -0.25) is 0 Å². The largest absolute Gasteiger partial charge is 0.370 e. The highest BCUT2D eigenvalue weighted by molar-refractivity contribution is 14.0. The van der Waals surface area contributed by atoms with Crippen molar-refractivity contribution in [3.8, 4) is 0 Å². The van der Waals surface area contributed by atoms with E-state index in [2.05, 4.69) is 55.3 Å². The monoisotopic (exact) mass is 415 g/mol. The molecule has 3 nitrogen and oxygen atoms in total. The van der Waals surface area contributed by atoms with Gasteiger partial charge in [0.25, 0.3) is 0 Å². The number of guanidine groups is 1. The second-order valence-electron chi connectivity index (χ2n) is 4.85. The van der Waals surface area contributed by atoms with Gasteiger partial charge in [-0.1, -0.05) is 13.0 Å². The lowest BCUT2D eigenvalue weighted by molar-refractivity contribution is 1.09. The molecular weight excluding hydrogens is 393 g/mol. The number of nitrogens with zero attached hydrogens (tertiary/aromatic N) is 1. The predicted octanol–water partition coefficient (Wildman–Crippen LogP) is 4.47. The number of aliphatic imine (C=N–C) groups is 1. The molecule has 114 valence electrons. The molecule has 0 unspecified atom stereocenters. The number of halogens is 1. The molecule has 1 heterocycles. The van der Waals surface area contributed by atoms with Crippen LogP contribution in [-0.4, -0.2) is 5.96 Å². The molecule has 0 spiro atoms. The Bertz CT molecular complexity index is 620. The first-order valence-electron chi connectivity index (χ1n) is 6.80. The summed E-state index contributed by atoms with van der Waals surface area (Å²) in [4.78, 5) is 7.01. The van der Waals surface area contributed by atoms with Crippen molar-refractivity contribution in [1.82, 2.24) is 0 Å². The molecule has 5 heteroatoms. The summed E-state index contributed by atoms with van der Waals surface area (Å²) in [5.74, 6) is 0.458. The van der Waals surface area contributed by atoms with Crippen LogP contribution in [0.2, 0.25) is 0 Å². The van der Waals surface area contributed by atoms with Crippen molar-refractivity contribution in [1.29, 1.82) is 0 Å². The van der Waals surface area contributed by atoms with Crippen molar-refractivity contribution in [2.75, 3.05) is 5.32 Å². The molecule has 2 aromatic rings. The molecule has 0 saturated carbocycles. The lowest BCUT2D eigenvalue weighted by atomic mass is 10.1. The number of hydrogen-bond donors (Lipinski definition) is 2. The van der Waals surface area contributed by atoms with Crippen LogP contribution in [0.4, 0.5) is 5.69 Å². The van der Waals surface area contributed by atoms with Crippen LogP contribution in [0.5, 0.6) is 0 Å². The third-order valence-corrected chi connectivity index (χ3v) is 4.46. The maximum atomic E-state index is 5.92. The van der Waals surface area contributed by atoms with Crippen molar-refractivity contribution < 1.29 is 0 Å². The normalized spacial score (nSPS) is 11.1. The number of nitrogens with one attached hydrogen (secondary N) is 1. The minimum atomic E-state index is 0. The third-order valence-electron chi connectivity index (χ3n) is 3.25. The molecule has 0 aliphatic heterocycles. The SMILES string of the molecule is CCc1ccc(CN=C(N)Nc2ccc(C)c(C)c2)s1.I. The Hall–Kier alpha value is -1.08. The standard InChI is InChI=1S/C16H21N3S.HI/c1-4-14-7-8-15(20-14)10-18-16(17)19-13-6-5-11(2)12(3)9-13;/h5-9H,4,10H2,1-3H3,(H3,17,18,19);1H. The number of benzene rings is 1. The Morgan fingerprint density at radius 1 is 1.14 bits per heavy atom. The van der Waals surface area contributed by atoms with Gasteiger partial charge >= 0.3 is 0 Å². The van der Waals surface area contributed by atoms with E-state index < -0.39 is 0 Å². The zero-order valence-electron chi connectivity index (χ0n) is 12.6. The molecule has 0 atom stereocenters. The minimum Gasteiger partial charge on any atom is -0.370 e. The molecule has 0 saturated heterocycles. The number of anilines is 1. The molecule has 0 radical (unpaired) electrons. The Labute approximate surface area is 147 Å². The van der Waals surface area contributed by atoms with E-state index in [1.165, 1.54) is 20.9 Å². The fraction of sp³-hybridized carbons (Fsp3) is 0.312. The first kappa shape index (κ1) is 18.0. The second-order valence-corrected chi connectivity index (χ2v) is 6.10. The molecule has 2 rings (SSSR count). The van der Waals surface area contributed by atoms with Gasteiger partial charge in [0.2, 0.25) is 0 Å². The smallest absolute Gasteiger partial charge is 0.193 e. The number of hydrogen-bond acceptors (Lipinski definition) is 2. The maximum absolute atomic E-state index is 5.92. The average Bonchev–Trinajstić information content (AvgIpc) is 2.89.